The highest BCUT2D eigenvalue weighted by molar-refractivity contribution is 5.74. The Bertz CT molecular complexity index is 783. The number of aromatic nitrogens is 2. The maximum Gasteiger partial charge on any atom is 0.317 e. The average molecular weight is 386 g/mol. The van der Waals surface area contributed by atoms with Crippen LogP contribution in [0.5, 0.6) is 5.75 Å². The Morgan fingerprint density at radius 2 is 2.07 bits per heavy atom. The molecule has 1 N–H and O–H groups in total. The minimum Gasteiger partial charge on any atom is -0.494 e. The molecule has 2 aromatic rings. The molecule has 1 aliphatic heterocycles. The molecule has 0 aliphatic carbocycles. The highest BCUT2D eigenvalue weighted by Gasteiger charge is 2.25. The summed E-state index contributed by atoms with van der Waals surface area (Å²) in [5.41, 5.74) is 1.82. The Morgan fingerprint density at radius 1 is 1.36 bits per heavy atom. The lowest BCUT2D eigenvalue weighted by molar-refractivity contribution is 0.136. The van der Waals surface area contributed by atoms with Gasteiger partial charge in [0, 0.05) is 37.9 Å². The summed E-state index contributed by atoms with van der Waals surface area (Å²) in [7, 11) is 3.54. The molecule has 0 saturated carbocycles. The van der Waals surface area contributed by atoms with Gasteiger partial charge >= 0.3 is 6.03 Å². The largest absolute Gasteiger partial charge is 0.494 e. The zero-order valence-corrected chi connectivity index (χ0v) is 17.3. The molecule has 1 aliphatic rings. The molecule has 152 valence electrons. The molecule has 0 bridgehead atoms. The first-order valence-corrected chi connectivity index (χ1v) is 9.97. The Hall–Kier alpha value is -2.54. The molecule has 7 nitrogen and oxygen atoms in total. The minimum absolute atomic E-state index is 0.0347. The number of methoxy groups -OCH3 is 1. The van der Waals surface area contributed by atoms with Crippen LogP contribution in [0.2, 0.25) is 0 Å². The smallest absolute Gasteiger partial charge is 0.317 e. The lowest BCUT2D eigenvalue weighted by Gasteiger charge is -2.36. The minimum atomic E-state index is -0.130. The molecule has 2 amide bonds. The number of amides is 2. The first kappa shape index (κ1) is 20.2. The summed E-state index contributed by atoms with van der Waals surface area (Å²) >= 11 is 0. The number of nitrogens with zero attached hydrogens (tertiary/aromatic N) is 4. The SMILES string of the molecule is CCN1CCC(N(C)C(=O)NC(C)c2cnn(-c3ccccc3OC)c2)CC1. The van der Waals surface area contributed by atoms with E-state index in [0.29, 0.717) is 6.04 Å². The number of rotatable bonds is 6. The molecule has 1 atom stereocenters. The van der Waals surface area contributed by atoms with Gasteiger partial charge in [-0.2, -0.15) is 5.10 Å². The molecule has 0 spiro atoms. The normalized spacial score (nSPS) is 16.6. The van der Waals surface area contributed by atoms with Crippen molar-refractivity contribution >= 4 is 6.03 Å². The van der Waals surface area contributed by atoms with Crippen LogP contribution in [-0.4, -0.2) is 65.4 Å². The summed E-state index contributed by atoms with van der Waals surface area (Å²) in [6.45, 7) is 7.36. The zero-order chi connectivity index (χ0) is 20.1. The van der Waals surface area contributed by atoms with Gasteiger partial charge in [-0.3, -0.25) is 0 Å². The number of carbonyl (C=O) groups is 1. The van der Waals surface area contributed by atoms with Crippen molar-refractivity contribution in [3.63, 3.8) is 0 Å². The Morgan fingerprint density at radius 3 is 2.75 bits per heavy atom. The van der Waals surface area contributed by atoms with Crippen molar-refractivity contribution in [2.24, 2.45) is 0 Å². The van der Waals surface area contributed by atoms with Crippen molar-refractivity contribution in [1.29, 1.82) is 0 Å². The lowest BCUT2D eigenvalue weighted by atomic mass is 10.0. The van der Waals surface area contributed by atoms with Crippen LogP contribution in [0.1, 0.15) is 38.3 Å². The standard InChI is InChI=1S/C21H31N5O2/c1-5-25-12-10-18(11-13-25)24(3)21(27)23-16(2)17-14-22-26(15-17)19-8-6-7-9-20(19)28-4/h6-9,14-16,18H,5,10-13H2,1-4H3,(H,23,27). The predicted octanol–water partition coefficient (Wildman–Crippen LogP) is 3.07. The van der Waals surface area contributed by atoms with E-state index in [9.17, 15) is 4.79 Å². The average Bonchev–Trinajstić information content (AvgIpc) is 3.23. The molecule has 3 rings (SSSR count). The second-order valence-electron chi connectivity index (χ2n) is 7.34. The van der Waals surface area contributed by atoms with E-state index in [-0.39, 0.29) is 12.1 Å². The summed E-state index contributed by atoms with van der Waals surface area (Å²) < 4.78 is 7.19. The van der Waals surface area contributed by atoms with Gasteiger partial charge in [-0.1, -0.05) is 19.1 Å². The molecule has 1 aromatic carbocycles. The van der Waals surface area contributed by atoms with Crippen LogP contribution < -0.4 is 10.1 Å². The van der Waals surface area contributed by atoms with Crippen molar-refractivity contribution in [2.75, 3.05) is 33.8 Å². The van der Waals surface area contributed by atoms with Crippen molar-refractivity contribution in [2.45, 2.75) is 38.8 Å². The van der Waals surface area contributed by atoms with Crippen LogP contribution in [0.4, 0.5) is 4.79 Å². The van der Waals surface area contributed by atoms with Gasteiger partial charge in [0.05, 0.1) is 19.3 Å². The third kappa shape index (κ3) is 4.47. The summed E-state index contributed by atoms with van der Waals surface area (Å²) in [5, 5.41) is 7.54. The lowest BCUT2D eigenvalue weighted by Crippen LogP contribution is -2.49. The van der Waals surface area contributed by atoms with Gasteiger partial charge in [-0.25, -0.2) is 9.48 Å². The molecule has 7 heteroatoms. The zero-order valence-electron chi connectivity index (χ0n) is 17.3. The van der Waals surface area contributed by atoms with E-state index in [0.717, 1.165) is 49.5 Å². The maximum atomic E-state index is 12.7. The van der Waals surface area contributed by atoms with Crippen LogP contribution in [0.3, 0.4) is 0 Å². The maximum absolute atomic E-state index is 12.7. The Labute approximate surface area is 167 Å². The number of hydrogen-bond donors (Lipinski definition) is 1. The van der Waals surface area contributed by atoms with Gasteiger partial charge in [0.2, 0.25) is 0 Å². The van der Waals surface area contributed by atoms with Gasteiger partial charge in [0.15, 0.2) is 0 Å². The molecular weight excluding hydrogens is 354 g/mol. The Kier molecular flexibility index (Phi) is 6.57. The number of urea groups is 1. The number of para-hydroxylation sites is 2. The van der Waals surface area contributed by atoms with Crippen LogP contribution in [0.25, 0.3) is 5.69 Å². The molecule has 1 saturated heterocycles. The molecule has 1 fully saturated rings. The number of carbonyl (C=O) groups excluding carboxylic acids is 1. The van der Waals surface area contributed by atoms with E-state index in [1.54, 1.807) is 18.0 Å². The van der Waals surface area contributed by atoms with E-state index in [1.807, 2.05) is 49.3 Å². The van der Waals surface area contributed by atoms with Crippen LogP contribution in [-0.2, 0) is 0 Å². The monoisotopic (exact) mass is 385 g/mol. The molecule has 2 heterocycles. The fourth-order valence-electron chi connectivity index (χ4n) is 3.67. The highest BCUT2D eigenvalue weighted by Crippen LogP contribution is 2.23. The van der Waals surface area contributed by atoms with Gasteiger partial charge in [0.25, 0.3) is 0 Å². The summed E-state index contributed by atoms with van der Waals surface area (Å²) in [6.07, 6.45) is 5.77. The van der Waals surface area contributed by atoms with Crippen LogP contribution in [0, 0.1) is 0 Å². The van der Waals surface area contributed by atoms with Crippen molar-refractivity contribution in [1.82, 2.24) is 24.9 Å². The number of ether oxygens (including phenoxy) is 1. The topological polar surface area (TPSA) is 62.6 Å². The number of benzene rings is 1. The quantitative estimate of drug-likeness (QED) is 0.830. The number of likely N-dealkylation sites (tertiary alicyclic amines) is 1. The molecule has 28 heavy (non-hydrogen) atoms. The van der Waals surface area contributed by atoms with E-state index in [4.69, 9.17) is 4.74 Å². The first-order chi connectivity index (χ1) is 13.5. The van der Waals surface area contributed by atoms with Gasteiger partial charge in [-0.05, 0) is 38.4 Å². The fraction of sp³-hybridized carbons (Fsp3) is 0.524. The molecular formula is C21H31N5O2. The molecule has 1 unspecified atom stereocenters. The van der Waals surface area contributed by atoms with Crippen molar-refractivity contribution in [3.05, 3.63) is 42.2 Å². The van der Waals surface area contributed by atoms with E-state index >= 15 is 0 Å². The van der Waals surface area contributed by atoms with E-state index in [1.165, 1.54) is 0 Å². The van der Waals surface area contributed by atoms with E-state index < -0.39 is 0 Å². The van der Waals surface area contributed by atoms with Crippen molar-refractivity contribution < 1.29 is 9.53 Å². The second kappa shape index (κ2) is 9.10. The molecule has 0 radical (unpaired) electrons. The number of hydrogen-bond acceptors (Lipinski definition) is 4. The predicted molar refractivity (Wildman–Crippen MR) is 110 cm³/mol. The summed E-state index contributed by atoms with van der Waals surface area (Å²) in [6, 6.07) is 7.86. The third-order valence-electron chi connectivity index (χ3n) is 5.65. The first-order valence-electron chi connectivity index (χ1n) is 9.97. The van der Waals surface area contributed by atoms with Gasteiger partial charge in [0.1, 0.15) is 11.4 Å². The van der Waals surface area contributed by atoms with Crippen LogP contribution in [0.15, 0.2) is 36.7 Å². The molecule has 1 aromatic heterocycles. The Balaban J connectivity index is 1.61. The van der Waals surface area contributed by atoms with Crippen molar-refractivity contribution in [3.8, 4) is 11.4 Å². The van der Waals surface area contributed by atoms with Gasteiger partial charge in [-0.15, -0.1) is 0 Å². The van der Waals surface area contributed by atoms with Crippen LogP contribution >= 0.6 is 0 Å². The second-order valence-corrected chi connectivity index (χ2v) is 7.34. The van der Waals surface area contributed by atoms with Gasteiger partial charge < -0.3 is 19.9 Å². The number of nitrogens with one attached hydrogen (secondary N) is 1. The van der Waals surface area contributed by atoms with E-state index in [2.05, 4.69) is 22.2 Å². The number of piperidine rings is 1. The highest BCUT2D eigenvalue weighted by atomic mass is 16.5. The third-order valence-corrected chi connectivity index (χ3v) is 5.65. The summed E-state index contributed by atoms with van der Waals surface area (Å²) in [5.74, 6) is 0.756. The fourth-order valence-corrected chi connectivity index (χ4v) is 3.67. The summed E-state index contributed by atoms with van der Waals surface area (Å²) in [4.78, 5) is 17.0.